The number of esters is 4. The second-order valence-electron chi connectivity index (χ2n) is 16.8. The van der Waals surface area contributed by atoms with Crippen LogP contribution in [-0.2, 0) is 12.8 Å². The molecule has 0 saturated heterocycles. The third-order valence-corrected chi connectivity index (χ3v) is 11.6. The highest BCUT2D eigenvalue weighted by Crippen LogP contribution is 2.28. The summed E-state index contributed by atoms with van der Waals surface area (Å²) in [6.07, 6.45) is 19.6. The predicted octanol–water partition coefficient (Wildman–Crippen LogP) is 14.8. The van der Waals surface area contributed by atoms with Crippen LogP contribution >= 0.6 is 0 Å². The highest BCUT2D eigenvalue weighted by Gasteiger charge is 2.15. The number of carbonyl (C=O) groups is 4. The first-order valence-electron chi connectivity index (χ1n) is 23.7. The summed E-state index contributed by atoms with van der Waals surface area (Å²) in [7, 11) is 0. The van der Waals surface area contributed by atoms with Gasteiger partial charge in [0.2, 0.25) is 0 Å². The minimum Gasteiger partial charge on any atom is -0.423 e. The number of aryl methyl sites for hydroxylation is 2. The van der Waals surface area contributed by atoms with E-state index < -0.39 is 23.9 Å². The van der Waals surface area contributed by atoms with Crippen LogP contribution in [0.25, 0.3) is 11.1 Å². The molecule has 66 heavy (non-hydrogen) atoms. The number of hydrogen-bond donors (Lipinski definition) is 0. The number of ether oxygens (including phenoxy) is 4. The maximum atomic E-state index is 13.1. The predicted molar refractivity (Wildman–Crippen MR) is 261 cm³/mol. The molecular weight excluding hydrogens is 825 g/mol. The van der Waals surface area contributed by atoms with Crippen molar-refractivity contribution in [3.05, 3.63) is 179 Å². The van der Waals surface area contributed by atoms with Gasteiger partial charge in [0.15, 0.2) is 0 Å². The zero-order valence-corrected chi connectivity index (χ0v) is 38.4. The van der Waals surface area contributed by atoms with Gasteiger partial charge in [0.1, 0.15) is 23.0 Å². The highest BCUT2D eigenvalue weighted by atomic mass is 16.5. The highest BCUT2D eigenvalue weighted by molar-refractivity contribution is 5.94. The van der Waals surface area contributed by atoms with Gasteiger partial charge in [-0.3, -0.25) is 0 Å². The fourth-order valence-electron chi connectivity index (χ4n) is 7.62. The molecule has 6 aromatic carbocycles. The number of benzene rings is 6. The monoisotopic (exact) mass is 886 g/mol. The first-order chi connectivity index (χ1) is 32.3. The summed E-state index contributed by atoms with van der Waals surface area (Å²) in [5.41, 5.74) is 5.54. The van der Waals surface area contributed by atoms with Crippen LogP contribution < -0.4 is 18.9 Å². The van der Waals surface area contributed by atoms with Gasteiger partial charge in [0, 0.05) is 0 Å². The Bertz CT molecular complexity index is 2440. The Balaban J connectivity index is 0.923. The molecule has 0 fully saturated rings. The molecule has 0 saturated carbocycles. The van der Waals surface area contributed by atoms with Crippen LogP contribution in [0.3, 0.4) is 0 Å². The van der Waals surface area contributed by atoms with E-state index in [1.165, 1.54) is 88.2 Å². The topological polar surface area (TPSA) is 105 Å². The summed E-state index contributed by atoms with van der Waals surface area (Å²) >= 11 is 0. The second-order valence-corrected chi connectivity index (χ2v) is 16.8. The van der Waals surface area contributed by atoms with Crippen LogP contribution in [0.1, 0.15) is 156 Å². The lowest BCUT2D eigenvalue weighted by molar-refractivity contribution is 0.0720. The molecule has 0 heterocycles. The van der Waals surface area contributed by atoms with Gasteiger partial charge in [-0.25, -0.2) is 19.2 Å². The van der Waals surface area contributed by atoms with E-state index in [0.717, 1.165) is 36.8 Å². The molecule has 8 nitrogen and oxygen atoms in total. The van der Waals surface area contributed by atoms with E-state index in [9.17, 15) is 19.2 Å². The second kappa shape index (κ2) is 26.2. The average molecular weight is 887 g/mol. The molecule has 0 atom stereocenters. The molecule has 342 valence electrons. The van der Waals surface area contributed by atoms with E-state index >= 15 is 0 Å². The van der Waals surface area contributed by atoms with E-state index in [4.69, 9.17) is 18.9 Å². The van der Waals surface area contributed by atoms with Crippen LogP contribution in [0.4, 0.5) is 0 Å². The Morgan fingerprint density at radius 1 is 0.318 bits per heavy atom. The van der Waals surface area contributed by atoms with Gasteiger partial charge in [-0.2, -0.15) is 0 Å². The number of hydrogen-bond acceptors (Lipinski definition) is 8. The van der Waals surface area contributed by atoms with Crippen molar-refractivity contribution in [2.24, 2.45) is 0 Å². The fourth-order valence-corrected chi connectivity index (χ4v) is 7.62. The minimum atomic E-state index is -0.561. The van der Waals surface area contributed by atoms with E-state index in [2.05, 4.69) is 13.8 Å². The lowest BCUT2D eigenvalue weighted by Gasteiger charge is -2.09. The smallest absolute Gasteiger partial charge is 0.343 e. The molecule has 6 aromatic rings. The Hall–Kier alpha value is -6.80. The van der Waals surface area contributed by atoms with Crippen molar-refractivity contribution in [3.63, 3.8) is 0 Å². The van der Waals surface area contributed by atoms with E-state index in [1.54, 1.807) is 115 Å². The van der Waals surface area contributed by atoms with Crippen molar-refractivity contribution < 1.29 is 38.1 Å². The Morgan fingerprint density at radius 3 is 1.02 bits per heavy atom. The molecule has 0 N–H and O–H groups in total. The fraction of sp³-hybridized carbons (Fsp3) is 0.310. The average Bonchev–Trinajstić information content (AvgIpc) is 3.34. The lowest BCUT2D eigenvalue weighted by atomic mass is 10.0. The van der Waals surface area contributed by atoms with Crippen molar-refractivity contribution >= 4 is 23.9 Å². The third kappa shape index (κ3) is 15.7. The number of rotatable bonds is 25. The molecule has 0 aliphatic carbocycles. The van der Waals surface area contributed by atoms with Gasteiger partial charge in [-0.15, -0.1) is 0 Å². The first kappa shape index (κ1) is 48.7. The first-order valence-corrected chi connectivity index (χ1v) is 23.7. The molecule has 0 aliphatic rings. The van der Waals surface area contributed by atoms with Gasteiger partial charge < -0.3 is 18.9 Å². The van der Waals surface area contributed by atoms with E-state index in [1.807, 2.05) is 30.3 Å². The van der Waals surface area contributed by atoms with Crippen LogP contribution in [0, 0.1) is 0 Å². The molecule has 0 radical (unpaired) electrons. The molecule has 6 rings (SSSR count). The summed E-state index contributed by atoms with van der Waals surface area (Å²) in [4.78, 5) is 51.6. The van der Waals surface area contributed by atoms with Crippen LogP contribution in [-0.4, -0.2) is 23.9 Å². The molecule has 0 spiro atoms. The van der Waals surface area contributed by atoms with Gasteiger partial charge in [-0.1, -0.05) is 139 Å². The van der Waals surface area contributed by atoms with E-state index in [0.29, 0.717) is 45.3 Å². The lowest BCUT2D eigenvalue weighted by Crippen LogP contribution is -2.10. The standard InChI is InChI=1S/C58H62O8/c1-3-5-7-9-11-13-15-18-43-22-26-46(27-23-43)55(59)64-52-38-32-48(33-39-52)57(61)63-51-36-30-45(31-37-51)50-20-17-21-54(42-50)66-58(62)49-34-40-53(41-35-49)65-56(60)47-28-24-44(25-29-47)19-16-14-12-10-8-6-4-2/h17,20-42H,3-16,18-19H2,1-2H3. The molecule has 0 amide bonds. The Morgan fingerprint density at radius 2 is 0.636 bits per heavy atom. The van der Waals surface area contributed by atoms with Crippen molar-refractivity contribution in [1.82, 2.24) is 0 Å². The number of carbonyl (C=O) groups excluding carboxylic acids is 4. The number of unbranched alkanes of at least 4 members (excludes halogenated alkanes) is 12. The molecule has 0 aliphatic heterocycles. The van der Waals surface area contributed by atoms with Crippen molar-refractivity contribution in [3.8, 4) is 34.1 Å². The SMILES string of the molecule is CCCCCCCCCc1ccc(C(=O)Oc2ccc(C(=O)Oc3ccc(-c4cccc(OC(=O)c5ccc(OC(=O)c6ccc(CCCCCCCCC)cc6)cc5)c4)cc3)cc2)cc1. The zero-order valence-electron chi connectivity index (χ0n) is 38.4. The molecule has 0 unspecified atom stereocenters. The summed E-state index contributed by atoms with van der Waals surface area (Å²) in [5.74, 6) is -0.714. The van der Waals surface area contributed by atoms with Gasteiger partial charge in [-0.05, 0) is 145 Å². The Labute approximate surface area is 390 Å². The maximum absolute atomic E-state index is 13.1. The summed E-state index contributed by atoms with van der Waals surface area (Å²) in [6.45, 7) is 4.46. The van der Waals surface area contributed by atoms with Crippen LogP contribution in [0.2, 0.25) is 0 Å². The summed E-state index contributed by atoms with van der Waals surface area (Å²) in [5, 5.41) is 0. The zero-order chi connectivity index (χ0) is 46.4. The van der Waals surface area contributed by atoms with Crippen molar-refractivity contribution in [1.29, 1.82) is 0 Å². The normalized spacial score (nSPS) is 10.9. The van der Waals surface area contributed by atoms with Gasteiger partial charge >= 0.3 is 23.9 Å². The van der Waals surface area contributed by atoms with Gasteiger partial charge in [0.05, 0.1) is 22.3 Å². The summed E-state index contributed by atoms with van der Waals surface area (Å²) in [6, 6.07) is 41.7. The largest absolute Gasteiger partial charge is 0.423 e. The quantitative estimate of drug-likeness (QED) is 0.0318. The summed E-state index contributed by atoms with van der Waals surface area (Å²) < 4.78 is 22.4. The van der Waals surface area contributed by atoms with Crippen LogP contribution in [0.15, 0.2) is 146 Å². The van der Waals surface area contributed by atoms with Gasteiger partial charge in [0.25, 0.3) is 0 Å². The van der Waals surface area contributed by atoms with Crippen molar-refractivity contribution in [2.45, 2.75) is 117 Å². The van der Waals surface area contributed by atoms with E-state index in [-0.39, 0.29) is 0 Å². The maximum Gasteiger partial charge on any atom is 0.343 e. The molecular formula is C58H62O8. The van der Waals surface area contributed by atoms with Crippen molar-refractivity contribution in [2.75, 3.05) is 0 Å². The van der Waals surface area contributed by atoms with Crippen LogP contribution in [0.5, 0.6) is 23.0 Å². The molecule has 8 heteroatoms. The molecule has 0 bridgehead atoms. The minimum absolute atomic E-state index is 0.298. The third-order valence-electron chi connectivity index (χ3n) is 11.6. The Kier molecular flexibility index (Phi) is 19.3. The molecule has 0 aromatic heterocycles.